The fraction of sp³-hybridized carbons (Fsp3) is 0.0833. The molecule has 0 fully saturated rings. The van der Waals surface area contributed by atoms with Crippen LogP contribution in [0.3, 0.4) is 0 Å². The maximum absolute atomic E-state index is 12.2. The van der Waals surface area contributed by atoms with Crippen molar-refractivity contribution in [1.29, 1.82) is 0 Å². The summed E-state index contributed by atoms with van der Waals surface area (Å²) in [5.41, 5.74) is 6.67. The van der Waals surface area contributed by atoms with Gasteiger partial charge in [-0.15, -0.1) is 0 Å². The van der Waals surface area contributed by atoms with Gasteiger partial charge in [-0.05, 0) is 29.8 Å². The van der Waals surface area contributed by atoms with Crippen LogP contribution in [-0.4, -0.2) is 13.4 Å². The summed E-state index contributed by atoms with van der Waals surface area (Å²) in [4.78, 5) is 3.83. The average Bonchev–Trinajstić information content (AvgIpc) is 2.38. The number of nitrogens with zero attached hydrogens (tertiary/aromatic N) is 1. The first-order valence-electron chi connectivity index (χ1n) is 5.44. The molecular formula is C12H12ClN3O2S. The van der Waals surface area contributed by atoms with Crippen molar-refractivity contribution in [2.75, 3.05) is 4.72 Å². The van der Waals surface area contributed by atoms with Gasteiger partial charge in [-0.25, -0.2) is 8.42 Å². The van der Waals surface area contributed by atoms with Crippen LogP contribution in [-0.2, 0) is 16.6 Å². The van der Waals surface area contributed by atoms with Crippen molar-refractivity contribution >= 4 is 27.3 Å². The Morgan fingerprint density at radius 3 is 2.47 bits per heavy atom. The Hall–Kier alpha value is -1.63. The molecule has 0 bridgehead atoms. The lowest BCUT2D eigenvalue weighted by Crippen LogP contribution is -2.13. The standard InChI is InChI=1S/C12H12ClN3O2S/c13-11-7-9(8-14)1-2-12(11)19(17,18)16-10-3-5-15-6-4-10/h1-7H,8,14H2,(H,15,16). The van der Waals surface area contributed by atoms with Gasteiger partial charge in [0, 0.05) is 18.9 Å². The molecule has 0 atom stereocenters. The van der Waals surface area contributed by atoms with Crippen molar-refractivity contribution in [1.82, 2.24) is 4.98 Å². The van der Waals surface area contributed by atoms with Gasteiger partial charge < -0.3 is 5.73 Å². The molecule has 0 spiro atoms. The molecule has 5 nitrogen and oxygen atoms in total. The fourth-order valence-electron chi connectivity index (χ4n) is 1.52. The number of aromatic nitrogens is 1. The maximum atomic E-state index is 12.2. The number of hydrogen-bond acceptors (Lipinski definition) is 4. The molecule has 1 heterocycles. The second-order valence-corrected chi connectivity index (χ2v) is 5.87. The Labute approximate surface area is 116 Å². The number of benzene rings is 1. The van der Waals surface area contributed by atoms with Gasteiger partial charge in [0.25, 0.3) is 10.0 Å². The van der Waals surface area contributed by atoms with Crippen molar-refractivity contribution in [3.63, 3.8) is 0 Å². The molecule has 7 heteroatoms. The molecule has 0 aliphatic heterocycles. The van der Waals surface area contributed by atoms with Crippen LogP contribution in [0.2, 0.25) is 5.02 Å². The van der Waals surface area contributed by atoms with E-state index in [1.165, 1.54) is 18.5 Å². The molecule has 0 aliphatic carbocycles. The van der Waals surface area contributed by atoms with Crippen molar-refractivity contribution < 1.29 is 8.42 Å². The Kier molecular flexibility index (Phi) is 4.04. The highest BCUT2D eigenvalue weighted by atomic mass is 35.5. The summed E-state index contributed by atoms with van der Waals surface area (Å²) in [6.07, 6.45) is 2.99. The summed E-state index contributed by atoms with van der Waals surface area (Å²) in [6, 6.07) is 7.73. The van der Waals surface area contributed by atoms with Gasteiger partial charge in [0.2, 0.25) is 0 Å². The van der Waals surface area contributed by atoms with Crippen LogP contribution in [0.1, 0.15) is 5.56 Å². The van der Waals surface area contributed by atoms with Crippen LogP contribution in [0.5, 0.6) is 0 Å². The normalized spacial score (nSPS) is 11.3. The monoisotopic (exact) mass is 297 g/mol. The number of anilines is 1. The minimum absolute atomic E-state index is 0.0168. The molecule has 0 amide bonds. The van der Waals surface area contributed by atoms with Gasteiger partial charge in [0.1, 0.15) is 4.90 Å². The third kappa shape index (κ3) is 3.23. The molecule has 19 heavy (non-hydrogen) atoms. The highest BCUT2D eigenvalue weighted by molar-refractivity contribution is 7.92. The summed E-state index contributed by atoms with van der Waals surface area (Å²) in [5.74, 6) is 0. The third-order valence-corrected chi connectivity index (χ3v) is 4.32. The fourth-order valence-corrected chi connectivity index (χ4v) is 3.15. The number of nitrogens with one attached hydrogen (secondary N) is 1. The van der Waals surface area contributed by atoms with E-state index in [-0.39, 0.29) is 9.92 Å². The zero-order valence-electron chi connectivity index (χ0n) is 9.88. The van der Waals surface area contributed by atoms with Crippen molar-refractivity contribution in [2.45, 2.75) is 11.4 Å². The highest BCUT2D eigenvalue weighted by Crippen LogP contribution is 2.24. The van der Waals surface area contributed by atoms with Gasteiger partial charge in [-0.2, -0.15) is 0 Å². The third-order valence-electron chi connectivity index (χ3n) is 2.45. The lowest BCUT2D eigenvalue weighted by Gasteiger charge is -2.10. The number of rotatable bonds is 4. The van der Waals surface area contributed by atoms with Gasteiger partial charge in [0.05, 0.1) is 10.7 Å². The highest BCUT2D eigenvalue weighted by Gasteiger charge is 2.18. The molecule has 1 aromatic heterocycles. The number of pyridine rings is 1. The smallest absolute Gasteiger partial charge is 0.263 e. The van der Waals surface area contributed by atoms with E-state index < -0.39 is 10.0 Å². The number of nitrogens with two attached hydrogens (primary N) is 1. The summed E-state index contributed by atoms with van der Waals surface area (Å²) in [5, 5.41) is 0.143. The summed E-state index contributed by atoms with van der Waals surface area (Å²) < 4.78 is 26.8. The molecule has 0 aliphatic rings. The molecule has 0 saturated heterocycles. The van der Waals surface area contributed by atoms with Crippen LogP contribution < -0.4 is 10.5 Å². The minimum Gasteiger partial charge on any atom is -0.326 e. The van der Waals surface area contributed by atoms with E-state index in [4.69, 9.17) is 17.3 Å². The molecule has 0 unspecified atom stereocenters. The summed E-state index contributed by atoms with van der Waals surface area (Å²) in [6.45, 7) is 0.303. The predicted molar refractivity (Wildman–Crippen MR) is 74.4 cm³/mol. The largest absolute Gasteiger partial charge is 0.326 e. The zero-order chi connectivity index (χ0) is 13.9. The molecule has 100 valence electrons. The van der Waals surface area contributed by atoms with Gasteiger partial charge in [-0.1, -0.05) is 17.7 Å². The van der Waals surface area contributed by atoms with E-state index in [1.807, 2.05) is 0 Å². The molecule has 3 N–H and O–H groups in total. The maximum Gasteiger partial charge on any atom is 0.263 e. The van der Waals surface area contributed by atoms with Crippen molar-refractivity contribution in [3.8, 4) is 0 Å². The van der Waals surface area contributed by atoms with Crippen LogP contribution in [0.4, 0.5) is 5.69 Å². The van der Waals surface area contributed by atoms with E-state index >= 15 is 0 Å². The number of sulfonamides is 1. The predicted octanol–water partition coefficient (Wildman–Crippen LogP) is 1.99. The second kappa shape index (κ2) is 5.56. The van der Waals surface area contributed by atoms with E-state index in [9.17, 15) is 8.42 Å². The Morgan fingerprint density at radius 2 is 1.89 bits per heavy atom. The summed E-state index contributed by atoms with van der Waals surface area (Å²) >= 11 is 5.97. The first kappa shape index (κ1) is 13.8. The number of hydrogen-bond donors (Lipinski definition) is 2. The van der Waals surface area contributed by atoms with Crippen LogP contribution in [0.15, 0.2) is 47.6 Å². The Balaban J connectivity index is 2.35. The van der Waals surface area contributed by atoms with Crippen molar-refractivity contribution in [3.05, 3.63) is 53.3 Å². The molecule has 2 aromatic rings. The van der Waals surface area contributed by atoms with E-state index in [0.29, 0.717) is 12.2 Å². The van der Waals surface area contributed by atoms with E-state index in [0.717, 1.165) is 5.56 Å². The van der Waals surface area contributed by atoms with Crippen molar-refractivity contribution in [2.24, 2.45) is 5.73 Å². The first-order valence-corrected chi connectivity index (χ1v) is 7.30. The Bertz CT molecular complexity index is 675. The quantitative estimate of drug-likeness (QED) is 0.904. The van der Waals surface area contributed by atoms with Crippen LogP contribution >= 0.6 is 11.6 Å². The van der Waals surface area contributed by atoms with E-state index in [1.54, 1.807) is 24.3 Å². The van der Waals surface area contributed by atoms with Gasteiger partial charge in [0.15, 0.2) is 0 Å². The zero-order valence-corrected chi connectivity index (χ0v) is 11.4. The molecule has 0 saturated carbocycles. The molecular weight excluding hydrogens is 286 g/mol. The summed E-state index contributed by atoms with van der Waals surface area (Å²) in [7, 11) is -3.72. The number of halogens is 1. The average molecular weight is 298 g/mol. The molecule has 1 aromatic carbocycles. The molecule has 2 rings (SSSR count). The lowest BCUT2D eigenvalue weighted by atomic mass is 10.2. The molecule has 0 radical (unpaired) electrons. The van der Waals surface area contributed by atoms with Gasteiger partial charge in [-0.3, -0.25) is 9.71 Å². The van der Waals surface area contributed by atoms with Crippen LogP contribution in [0.25, 0.3) is 0 Å². The minimum atomic E-state index is -3.72. The second-order valence-electron chi connectivity index (χ2n) is 3.81. The van der Waals surface area contributed by atoms with E-state index in [2.05, 4.69) is 9.71 Å². The first-order chi connectivity index (χ1) is 9.03. The van der Waals surface area contributed by atoms with Gasteiger partial charge >= 0.3 is 0 Å². The SMILES string of the molecule is NCc1ccc(S(=O)(=O)Nc2ccncc2)c(Cl)c1. The Morgan fingerprint density at radius 1 is 1.21 bits per heavy atom. The topological polar surface area (TPSA) is 85.1 Å². The lowest BCUT2D eigenvalue weighted by molar-refractivity contribution is 0.601. The van der Waals surface area contributed by atoms with Crippen LogP contribution in [0, 0.1) is 0 Å².